The molecule has 0 aromatic heterocycles. The molecule has 0 N–H and O–H groups in total. The molecular weight excluding hydrogens is 236 g/mol. The van der Waals surface area contributed by atoms with Crippen LogP contribution in [0.25, 0.3) is 0 Å². The van der Waals surface area contributed by atoms with Crippen LogP contribution < -0.4 is 0 Å². The van der Waals surface area contributed by atoms with Gasteiger partial charge in [-0.2, -0.15) is 0 Å². The lowest BCUT2D eigenvalue weighted by Crippen LogP contribution is -1.82. The normalized spacial score (nSPS) is 24.2. The monoisotopic (exact) mass is 271 g/mol. The van der Waals surface area contributed by atoms with Gasteiger partial charge in [-0.25, -0.2) is 0 Å². The number of unbranched alkanes of at least 4 members (excludes halogenated alkanes) is 6. The average Bonchev–Trinajstić information content (AvgIpc) is 2.40. The Hall–Kier alpha value is 0.480. The fourth-order valence-corrected chi connectivity index (χ4v) is 1.69. The van der Waals surface area contributed by atoms with E-state index in [0.717, 1.165) is 43.9 Å². The highest BCUT2D eigenvalue weighted by atomic mass is 79.9. The second-order valence-corrected chi connectivity index (χ2v) is 4.13. The first-order chi connectivity index (χ1) is 10.3. The van der Waals surface area contributed by atoms with Gasteiger partial charge in [-0.1, -0.05) is 86.8 Å². The summed E-state index contributed by atoms with van der Waals surface area (Å²) in [7, 11) is 0. The molecule has 0 aliphatic carbocycles. The zero-order valence-electron chi connectivity index (χ0n) is 17.7. The first kappa shape index (κ1) is 5.21. The molecule has 1 heteroatoms. The van der Waals surface area contributed by atoms with Gasteiger partial charge >= 0.3 is 0 Å². The van der Waals surface area contributed by atoms with Crippen molar-refractivity contribution in [1.82, 2.24) is 0 Å². The highest BCUT2D eigenvalue weighted by Gasteiger charge is 1.91. The molecule has 0 radical (unpaired) electrons. The number of rotatable bonds is 11. The molecule has 0 fully saturated rings. The summed E-state index contributed by atoms with van der Waals surface area (Å²) in [6.07, 6.45) is -2.52. The molecule has 0 aromatic rings. The van der Waals surface area contributed by atoms with E-state index in [0.29, 0.717) is 6.42 Å². The van der Waals surface area contributed by atoms with Gasteiger partial charge in [0.15, 0.2) is 0 Å². The Morgan fingerprint density at radius 3 is 2.00 bits per heavy atom. The number of hydrogen-bond donors (Lipinski definition) is 0. The van der Waals surface area contributed by atoms with Crippen LogP contribution in [-0.2, 0) is 0 Å². The second kappa shape index (κ2) is 13.5. The first-order valence-electron chi connectivity index (χ1n) is 9.87. The minimum Gasteiger partial charge on any atom is -0.0928 e. The molecule has 0 amide bonds. The first-order valence-corrected chi connectivity index (χ1v) is 6.49. The minimum atomic E-state index is -3.24. The summed E-state index contributed by atoms with van der Waals surface area (Å²) >= 11 is 3.37. The van der Waals surface area contributed by atoms with Crippen LogP contribution >= 0.6 is 15.9 Å². The fourth-order valence-electron chi connectivity index (χ4n) is 1.30. The van der Waals surface area contributed by atoms with Crippen molar-refractivity contribution in [3.63, 3.8) is 0 Å². The molecule has 0 aliphatic heterocycles. The van der Waals surface area contributed by atoms with E-state index in [-0.39, 0.29) is 6.42 Å². The Morgan fingerprint density at radius 1 is 0.857 bits per heavy atom. The molecule has 0 rings (SSSR count). The summed E-state index contributed by atoms with van der Waals surface area (Å²) in [6.45, 7) is -3.21. The summed E-state index contributed by atoms with van der Waals surface area (Å²) in [4.78, 5) is 0. The van der Waals surface area contributed by atoms with Crippen molar-refractivity contribution in [1.29, 1.82) is 0 Å². The van der Waals surface area contributed by atoms with Crippen molar-refractivity contribution in [3.8, 4) is 0 Å². The standard InChI is InChI=1S/C13H27Br/c1-2-3-4-5-6-7-8-9-10-11-12-13-14/h2-13H2,1H3/i1D3,2D2,3D2,4D2. The molecule has 0 bridgehead atoms. The zero-order chi connectivity index (χ0) is 18.4. The molecule has 0 aliphatic rings. The number of halogens is 1. The Balaban J connectivity index is 4.41. The number of hydrogen-bond acceptors (Lipinski definition) is 0. The van der Waals surface area contributed by atoms with E-state index in [4.69, 9.17) is 12.3 Å². The smallest absolute Gasteiger partial charge is 0.0267 e. The Bertz CT molecular complexity index is 339. The Labute approximate surface area is 112 Å². The average molecular weight is 272 g/mol. The van der Waals surface area contributed by atoms with E-state index in [2.05, 4.69) is 15.9 Å². The second-order valence-electron chi connectivity index (χ2n) is 3.34. The van der Waals surface area contributed by atoms with Crippen LogP contribution in [0, 0.1) is 0 Å². The van der Waals surface area contributed by atoms with E-state index in [1.165, 1.54) is 0 Å². The molecule has 0 atom stereocenters. The zero-order valence-corrected chi connectivity index (χ0v) is 10.3. The lowest BCUT2D eigenvalue weighted by atomic mass is 10.1. The molecule has 0 saturated heterocycles. The maximum Gasteiger partial charge on any atom is 0.0267 e. The molecule has 14 heavy (non-hydrogen) atoms. The largest absolute Gasteiger partial charge is 0.0928 e. The third-order valence-corrected chi connectivity index (χ3v) is 2.65. The van der Waals surface area contributed by atoms with Gasteiger partial charge in [0.2, 0.25) is 0 Å². The molecular formula is C13H27Br. The highest BCUT2D eigenvalue weighted by molar-refractivity contribution is 9.09. The predicted molar refractivity (Wildman–Crippen MR) is 70.3 cm³/mol. The van der Waals surface area contributed by atoms with Gasteiger partial charge in [0.25, 0.3) is 0 Å². The van der Waals surface area contributed by atoms with Crippen molar-refractivity contribution < 1.29 is 12.3 Å². The summed E-state index contributed by atoms with van der Waals surface area (Å²) in [5.74, 6) is 0. The lowest BCUT2D eigenvalue weighted by molar-refractivity contribution is 0.555. The minimum absolute atomic E-state index is 0.184. The SMILES string of the molecule is [2H]C([2H])([2H])C([2H])([2H])C([2H])([2H])C([2H])([2H])CCCCCCCCCBr. The van der Waals surface area contributed by atoms with Crippen molar-refractivity contribution in [2.24, 2.45) is 0 Å². The lowest BCUT2D eigenvalue weighted by Gasteiger charge is -2.01. The van der Waals surface area contributed by atoms with Gasteiger partial charge in [-0.15, -0.1) is 0 Å². The molecule has 0 saturated carbocycles. The van der Waals surface area contributed by atoms with E-state index in [1.807, 2.05) is 0 Å². The van der Waals surface area contributed by atoms with Gasteiger partial charge in [-0.05, 0) is 6.42 Å². The predicted octanol–water partition coefficient (Wildman–Crippen LogP) is 5.69. The van der Waals surface area contributed by atoms with Gasteiger partial charge < -0.3 is 0 Å². The fraction of sp³-hybridized carbons (Fsp3) is 1.00. The molecule has 0 heterocycles. The third-order valence-electron chi connectivity index (χ3n) is 2.09. The maximum absolute atomic E-state index is 7.83. The topological polar surface area (TPSA) is 0 Å². The number of alkyl halides is 1. The van der Waals surface area contributed by atoms with E-state index >= 15 is 0 Å². The van der Waals surface area contributed by atoms with Crippen LogP contribution in [0.4, 0.5) is 0 Å². The summed E-state index contributed by atoms with van der Waals surface area (Å²) in [5, 5.41) is 0.994. The Morgan fingerprint density at radius 2 is 1.43 bits per heavy atom. The van der Waals surface area contributed by atoms with Crippen LogP contribution in [0.2, 0.25) is 0 Å². The maximum atomic E-state index is 7.83. The third kappa shape index (κ3) is 12.5. The quantitative estimate of drug-likeness (QED) is 0.334. The van der Waals surface area contributed by atoms with Crippen LogP contribution in [0.1, 0.15) is 89.7 Å². The Kier molecular flexibility index (Phi) is 5.01. The van der Waals surface area contributed by atoms with Crippen LogP contribution in [0.3, 0.4) is 0 Å². The van der Waals surface area contributed by atoms with Crippen LogP contribution in [0.5, 0.6) is 0 Å². The summed E-state index contributed by atoms with van der Waals surface area (Å²) < 4.78 is 67.6. The molecule has 0 unspecified atom stereocenters. The van der Waals surface area contributed by atoms with Crippen molar-refractivity contribution in [2.45, 2.75) is 77.3 Å². The van der Waals surface area contributed by atoms with Crippen molar-refractivity contribution in [3.05, 3.63) is 0 Å². The molecule has 86 valence electrons. The molecule has 0 spiro atoms. The van der Waals surface area contributed by atoms with Crippen molar-refractivity contribution >= 4 is 15.9 Å². The van der Waals surface area contributed by atoms with E-state index in [1.54, 1.807) is 0 Å². The van der Waals surface area contributed by atoms with E-state index < -0.39 is 26.0 Å². The summed E-state index contributed by atoms with van der Waals surface area (Å²) in [6, 6.07) is 0. The highest BCUT2D eigenvalue weighted by Crippen LogP contribution is 2.11. The van der Waals surface area contributed by atoms with E-state index in [9.17, 15) is 0 Å². The van der Waals surface area contributed by atoms with Crippen molar-refractivity contribution in [2.75, 3.05) is 5.33 Å². The molecule has 0 nitrogen and oxygen atoms in total. The van der Waals surface area contributed by atoms with Gasteiger partial charge in [-0.3, -0.25) is 0 Å². The summed E-state index contributed by atoms with van der Waals surface area (Å²) in [5.41, 5.74) is 0. The van der Waals surface area contributed by atoms with Gasteiger partial charge in [0.1, 0.15) is 0 Å². The van der Waals surface area contributed by atoms with Crippen LogP contribution in [-0.4, -0.2) is 5.33 Å². The van der Waals surface area contributed by atoms with Gasteiger partial charge in [0, 0.05) is 17.7 Å². The molecule has 0 aromatic carbocycles. The van der Waals surface area contributed by atoms with Crippen LogP contribution in [0.15, 0.2) is 0 Å². The van der Waals surface area contributed by atoms with Gasteiger partial charge in [0.05, 0.1) is 0 Å².